The summed E-state index contributed by atoms with van der Waals surface area (Å²) in [4.78, 5) is 32.5. The van der Waals surface area contributed by atoms with E-state index in [2.05, 4.69) is 27.6 Å². The van der Waals surface area contributed by atoms with Crippen LogP contribution < -0.4 is 33.8 Å². The van der Waals surface area contributed by atoms with Crippen LogP contribution in [0.1, 0.15) is 36.6 Å². The van der Waals surface area contributed by atoms with Gasteiger partial charge in [-0.05, 0) is 77.9 Å². The molecule has 0 saturated carbocycles. The molecular formula is C33H31IN2O7S. The fourth-order valence-corrected chi connectivity index (χ4v) is 6.80. The number of esters is 1. The highest BCUT2D eigenvalue weighted by molar-refractivity contribution is 14.1. The topological polar surface area (TPSA) is 97.6 Å². The fourth-order valence-electron chi connectivity index (χ4n) is 4.97. The summed E-state index contributed by atoms with van der Waals surface area (Å²) in [6, 6.07) is 18.1. The lowest BCUT2D eigenvalue weighted by molar-refractivity contribution is -0.139. The Morgan fingerprint density at radius 2 is 1.77 bits per heavy atom. The lowest BCUT2D eigenvalue weighted by Crippen LogP contribution is -2.40. The van der Waals surface area contributed by atoms with Crippen molar-refractivity contribution in [2.75, 3.05) is 27.9 Å². The van der Waals surface area contributed by atoms with Gasteiger partial charge in [0.25, 0.3) is 5.56 Å². The van der Waals surface area contributed by atoms with Crippen LogP contribution in [0.15, 0.2) is 81.7 Å². The van der Waals surface area contributed by atoms with Gasteiger partial charge in [0, 0.05) is 11.6 Å². The number of ether oxygens (including phenoxy) is 5. The predicted molar refractivity (Wildman–Crippen MR) is 176 cm³/mol. The zero-order chi connectivity index (χ0) is 31.4. The van der Waals surface area contributed by atoms with E-state index in [9.17, 15) is 9.59 Å². The normalized spacial score (nSPS) is 14.5. The van der Waals surface area contributed by atoms with Crippen molar-refractivity contribution in [1.29, 1.82) is 0 Å². The first kappa shape index (κ1) is 31.3. The molecular weight excluding hydrogens is 695 g/mol. The van der Waals surface area contributed by atoms with Crippen LogP contribution in [-0.2, 0) is 16.1 Å². The standard InChI is InChI=1S/C33H31IN2O7S/c1-6-42-32(38)28-19(2)35-33-36(29(28)23-13-12-22(39-3)17-25(23)40-4)31(37)27(44-33)16-21-14-24(34)30(26(15-21)41-5)43-18-20-10-8-7-9-11-20/h7-17,29H,6,18H2,1-5H3/b27-16-. The maximum absolute atomic E-state index is 14.1. The van der Waals surface area contributed by atoms with Crippen molar-refractivity contribution < 1.29 is 28.5 Å². The van der Waals surface area contributed by atoms with E-state index < -0.39 is 12.0 Å². The van der Waals surface area contributed by atoms with Gasteiger partial charge in [0.05, 0.1) is 47.3 Å². The van der Waals surface area contributed by atoms with Crippen molar-refractivity contribution in [3.63, 3.8) is 0 Å². The van der Waals surface area contributed by atoms with Crippen LogP contribution in [0.25, 0.3) is 6.08 Å². The highest BCUT2D eigenvalue weighted by Crippen LogP contribution is 2.38. The molecule has 0 saturated heterocycles. The monoisotopic (exact) mass is 726 g/mol. The van der Waals surface area contributed by atoms with E-state index in [-0.39, 0.29) is 17.7 Å². The minimum atomic E-state index is -0.822. The van der Waals surface area contributed by atoms with Gasteiger partial charge in [0.2, 0.25) is 0 Å². The number of hydrogen-bond donors (Lipinski definition) is 0. The average molecular weight is 727 g/mol. The van der Waals surface area contributed by atoms with Crippen molar-refractivity contribution >= 4 is 46.0 Å². The number of carbonyl (C=O) groups is 1. The Kier molecular flexibility index (Phi) is 9.74. The van der Waals surface area contributed by atoms with Gasteiger partial charge < -0.3 is 23.7 Å². The van der Waals surface area contributed by atoms with Crippen LogP contribution in [0.3, 0.4) is 0 Å². The van der Waals surface area contributed by atoms with E-state index >= 15 is 0 Å². The van der Waals surface area contributed by atoms with Crippen LogP contribution in [0.2, 0.25) is 0 Å². The van der Waals surface area contributed by atoms with Gasteiger partial charge in [-0.3, -0.25) is 9.36 Å². The Labute approximate surface area is 272 Å². The van der Waals surface area contributed by atoms with Crippen molar-refractivity contribution in [2.24, 2.45) is 4.99 Å². The number of carbonyl (C=O) groups excluding carboxylic acids is 1. The summed E-state index contributed by atoms with van der Waals surface area (Å²) in [5, 5.41) is 0. The van der Waals surface area contributed by atoms with Gasteiger partial charge in [-0.1, -0.05) is 41.7 Å². The Balaban J connectivity index is 1.62. The number of fused-ring (bicyclic) bond motifs is 1. The molecule has 44 heavy (non-hydrogen) atoms. The SMILES string of the molecule is CCOC(=O)C1=C(C)N=c2s/c(=C\c3cc(I)c(OCc4ccccc4)c(OC)c3)c(=O)n2C1c1ccc(OC)cc1OC. The molecule has 1 aliphatic heterocycles. The number of rotatable bonds is 10. The minimum absolute atomic E-state index is 0.179. The molecule has 4 aromatic rings. The molecule has 0 N–H and O–H groups in total. The first-order valence-electron chi connectivity index (χ1n) is 13.7. The van der Waals surface area contributed by atoms with Gasteiger partial charge in [0.1, 0.15) is 24.1 Å². The molecule has 0 amide bonds. The minimum Gasteiger partial charge on any atom is -0.497 e. The number of thiazole rings is 1. The second-order valence-corrected chi connectivity index (χ2v) is 11.9. The lowest BCUT2D eigenvalue weighted by atomic mass is 9.95. The Morgan fingerprint density at radius 1 is 1.02 bits per heavy atom. The van der Waals surface area contributed by atoms with E-state index in [0.29, 0.717) is 50.2 Å². The second-order valence-electron chi connectivity index (χ2n) is 9.72. The number of halogens is 1. The van der Waals surface area contributed by atoms with E-state index in [1.165, 1.54) is 23.0 Å². The molecule has 228 valence electrons. The first-order chi connectivity index (χ1) is 21.3. The molecule has 0 radical (unpaired) electrons. The van der Waals surface area contributed by atoms with Crippen molar-refractivity contribution in [1.82, 2.24) is 4.57 Å². The van der Waals surface area contributed by atoms with Crippen LogP contribution >= 0.6 is 33.9 Å². The smallest absolute Gasteiger partial charge is 0.338 e. The Morgan fingerprint density at radius 3 is 2.45 bits per heavy atom. The number of hydrogen-bond acceptors (Lipinski definition) is 9. The molecule has 3 aromatic carbocycles. The molecule has 0 bridgehead atoms. The van der Waals surface area contributed by atoms with Crippen molar-refractivity contribution in [3.8, 4) is 23.0 Å². The van der Waals surface area contributed by atoms with Crippen LogP contribution in [-0.4, -0.2) is 38.5 Å². The van der Waals surface area contributed by atoms with E-state index in [4.69, 9.17) is 23.7 Å². The summed E-state index contributed by atoms with van der Waals surface area (Å²) in [6.45, 7) is 4.05. The summed E-state index contributed by atoms with van der Waals surface area (Å²) in [5.41, 5.74) is 2.83. The number of nitrogens with zero attached hydrogens (tertiary/aromatic N) is 2. The third-order valence-corrected chi connectivity index (χ3v) is 8.81. The zero-order valence-corrected chi connectivity index (χ0v) is 27.9. The van der Waals surface area contributed by atoms with Gasteiger partial charge in [-0.15, -0.1) is 0 Å². The average Bonchev–Trinajstić information content (AvgIpc) is 3.33. The molecule has 2 heterocycles. The number of allylic oxidation sites excluding steroid dienone is 1. The highest BCUT2D eigenvalue weighted by atomic mass is 127. The maximum Gasteiger partial charge on any atom is 0.338 e. The van der Waals surface area contributed by atoms with Gasteiger partial charge >= 0.3 is 5.97 Å². The largest absolute Gasteiger partial charge is 0.497 e. The van der Waals surface area contributed by atoms with E-state index in [1.54, 1.807) is 52.3 Å². The van der Waals surface area contributed by atoms with Crippen molar-refractivity contribution in [3.05, 3.63) is 112 Å². The zero-order valence-electron chi connectivity index (χ0n) is 24.9. The van der Waals surface area contributed by atoms with Gasteiger partial charge in [-0.25, -0.2) is 9.79 Å². The van der Waals surface area contributed by atoms with Crippen LogP contribution in [0.5, 0.6) is 23.0 Å². The summed E-state index contributed by atoms with van der Waals surface area (Å²) in [5.74, 6) is 1.67. The van der Waals surface area contributed by atoms with Crippen molar-refractivity contribution in [2.45, 2.75) is 26.5 Å². The predicted octanol–water partition coefficient (Wildman–Crippen LogP) is 5.01. The molecule has 5 rings (SSSR count). The molecule has 1 aliphatic rings. The van der Waals surface area contributed by atoms with E-state index in [1.807, 2.05) is 42.5 Å². The summed E-state index contributed by atoms with van der Waals surface area (Å²) >= 11 is 3.44. The molecule has 0 fully saturated rings. The third kappa shape index (κ3) is 6.25. The van der Waals surface area contributed by atoms with Crippen LogP contribution in [0, 0.1) is 3.57 Å². The molecule has 11 heteroatoms. The third-order valence-electron chi connectivity index (χ3n) is 7.03. The molecule has 1 unspecified atom stereocenters. The summed E-state index contributed by atoms with van der Waals surface area (Å²) < 4.78 is 31.1. The summed E-state index contributed by atoms with van der Waals surface area (Å²) in [7, 11) is 4.68. The number of methoxy groups -OCH3 is 3. The second kappa shape index (κ2) is 13.7. The van der Waals surface area contributed by atoms with E-state index in [0.717, 1.165) is 14.7 Å². The molecule has 1 atom stereocenters. The maximum atomic E-state index is 14.1. The van der Waals surface area contributed by atoms with Gasteiger partial charge in [0.15, 0.2) is 16.3 Å². The molecule has 9 nitrogen and oxygen atoms in total. The number of benzene rings is 3. The quantitative estimate of drug-likeness (QED) is 0.168. The Bertz CT molecular complexity index is 1910. The summed E-state index contributed by atoms with van der Waals surface area (Å²) in [6.07, 6.45) is 1.79. The number of aromatic nitrogens is 1. The Hall–Kier alpha value is -4.10. The molecule has 0 spiro atoms. The fraction of sp³-hybridized carbons (Fsp3) is 0.242. The van der Waals surface area contributed by atoms with Crippen LogP contribution in [0.4, 0.5) is 0 Å². The lowest BCUT2D eigenvalue weighted by Gasteiger charge is -2.26. The van der Waals surface area contributed by atoms with Gasteiger partial charge in [-0.2, -0.15) is 0 Å². The first-order valence-corrected chi connectivity index (χ1v) is 15.6. The molecule has 0 aliphatic carbocycles. The molecule has 1 aromatic heterocycles. The highest BCUT2D eigenvalue weighted by Gasteiger charge is 2.35.